The van der Waals surface area contributed by atoms with Gasteiger partial charge >= 0.3 is 0 Å². The molecule has 3 rings (SSSR count). The number of likely N-dealkylation sites (tertiary alicyclic amines) is 2. The van der Waals surface area contributed by atoms with Gasteiger partial charge in [-0.25, -0.2) is 0 Å². The maximum atomic E-state index is 12.8. The summed E-state index contributed by atoms with van der Waals surface area (Å²) >= 11 is 6.07. The van der Waals surface area contributed by atoms with Gasteiger partial charge in [0.25, 0.3) is 0 Å². The summed E-state index contributed by atoms with van der Waals surface area (Å²) in [6.45, 7) is 1.26. The van der Waals surface area contributed by atoms with Gasteiger partial charge in [-0.1, -0.05) is 23.7 Å². The Hall–Kier alpha value is -1.30. The summed E-state index contributed by atoms with van der Waals surface area (Å²) in [6.07, 6.45) is 1.07. The zero-order valence-electron chi connectivity index (χ0n) is 12.9. The molecule has 2 aliphatic rings. The molecular formula is C16H21Cl2N3O2. The average molecular weight is 358 g/mol. The first kappa shape index (κ1) is 18.0. The van der Waals surface area contributed by atoms with Gasteiger partial charge in [-0.15, -0.1) is 12.4 Å². The number of nitrogens with two attached hydrogens (primary N) is 1. The lowest BCUT2D eigenvalue weighted by Crippen LogP contribution is -2.38. The molecular weight excluding hydrogens is 337 g/mol. The van der Waals surface area contributed by atoms with Gasteiger partial charge in [-0.2, -0.15) is 0 Å². The highest BCUT2D eigenvalue weighted by Gasteiger charge is 2.45. The van der Waals surface area contributed by atoms with Gasteiger partial charge in [0.15, 0.2) is 0 Å². The third kappa shape index (κ3) is 3.47. The smallest absolute Gasteiger partial charge is 0.228 e. The molecule has 0 spiro atoms. The van der Waals surface area contributed by atoms with Crippen LogP contribution in [0.2, 0.25) is 5.02 Å². The van der Waals surface area contributed by atoms with Crippen LogP contribution < -0.4 is 5.73 Å². The topological polar surface area (TPSA) is 66.6 Å². The predicted octanol–water partition coefficient (Wildman–Crippen LogP) is 1.84. The van der Waals surface area contributed by atoms with Crippen molar-refractivity contribution < 1.29 is 9.59 Å². The number of carbonyl (C=O) groups is 2. The Morgan fingerprint density at radius 1 is 1.39 bits per heavy atom. The average Bonchev–Trinajstić information content (AvgIpc) is 3.03. The number of hydrogen-bond donors (Lipinski definition) is 1. The molecule has 0 radical (unpaired) electrons. The van der Waals surface area contributed by atoms with E-state index in [0.29, 0.717) is 18.1 Å². The fourth-order valence-electron chi connectivity index (χ4n) is 3.46. The largest absolute Gasteiger partial charge is 0.341 e. The van der Waals surface area contributed by atoms with E-state index in [4.69, 9.17) is 17.3 Å². The molecule has 7 heteroatoms. The summed E-state index contributed by atoms with van der Waals surface area (Å²) in [7, 11) is 1.75. The van der Waals surface area contributed by atoms with E-state index in [1.165, 1.54) is 0 Å². The van der Waals surface area contributed by atoms with Crippen LogP contribution in [-0.2, 0) is 9.59 Å². The van der Waals surface area contributed by atoms with Crippen molar-refractivity contribution in [2.24, 2.45) is 11.7 Å². The lowest BCUT2D eigenvalue weighted by atomic mass is 9.92. The molecule has 0 saturated carbocycles. The SMILES string of the molecule is CN1C(=O)CC(C(=O)N2CC[C@@H](N)C2)C1c1cccc(Cl)c1.Cl. The molecule has 2 saturated heterocycles. The summed E-state index contributed by atoms with van der Waals surface area (Å²) in [5.74, 6) is -0.344. The monoisotopic (exact) mass is 357 g/mol. The van der Waals surface area contributed by atoms with Gasteiger partial charge in [-0.05, 0) is 24.1 Å². The van der Waals surface area contributed by atoms with Gasteiger partial charge in [0.05, 0.1) is 12.0 Å². The molecule has 1 aromatic carbocycles. The highest BCUT2D eigenvalue weighted by molar-refractivity contribution is 6.30. The van der Waals surface area contributed by atoms with Gasteiger partial charge in [-0.3, -0.25) is 9.59 Å². The van der Waals surface area contributed by atoms with Gasteiger partial charge in [0.2, 0.25) is 11.8 Å². The minimum absolute atomic E-state index is 0. The standard InChI is InChI=1S/C16H20ClN3O2.ClH/c1-19-14(21)8-13(16(22)20-6-5-12(18)9-20)15(19)10-3-2-4-11(17)7-10;/h2-4,7,12-13,15H,5-6,8-9,18H2,1H3;1H/t12-,13?,15?;/m1./s1. The second-order valence-corrected chi connectivity index (χ2v) is 6.58. The maximum Gasteiger partial charge on any atom is 0.228 e. The van der Waals surface area contributed by atoms with Crippen molar-refractivity contribution in [1.29, 1.82) is 0 Å². The van der Waals surface area contributed by atoms with Crippen LogP contribution in [0.15, 0.2) is 24.3 Å². The van der Waals surface area contributed by atoms with E-state index in [1.807, 2.05) is 18.2 Å². The molecule has 2 amide bonds. The molecule has 126 valence electrons. The first-order chi connectivity index (χ1) is 10.5. The lowest BCUT2D eigenvalue weighted by Gasteiger charge is -2.28. The molecule has 2 N–H and O–H groups in total. The molecule has 0 aliphatic carbocycles. The molecule has 0 aromatic heterocycles. The molecule has 23 heavy (non-hydrogen) atoms. The number of carbonyl (C=O) groups excluding carboxylic acids is 2. The van der Waals surface area contributed by atoms with Crippen LogP contribution in [0.5, 0.6) is 0 Å². The van der Waals surface area contributed by atoms with Crippen molar-refractivity contribution in [2.75, 3.05) is 20.1 Å². The number of rotatable bonds is 2. The summed E-state index contributed by atoms with van der Waals surface area (Å²) in [5.41, 5.74) is 6.80. The minimum Gasteiger partial charge on any atom is -0.341 e. The molecule has 2 fully saturated rings. The third-order valence-electron chi connectivity index (χ3n) is 4.63. The highest BCUT2D eigenvalue weighted by Crippen LogP contribution is 2.39. The van der Waals surface area contributed by atoms with E-state index in [2.05, 4.69) is 0 Å². The predicted molar refractivity (Wildman–Crippen MR) is 91.5 cm³/mol. The fraction of sp³-hybridized carbons (Fsp3) is 0.500. The molecule has 3 atom stereocenters. The minimum atomic E-state index is -0.360. The Morgan fingerprint density at radius 2 is 2.13 bits per heavy atom. The number of benzene rings is 1. The van der Waals surface area contributed by atoms with Crippen molar-refractivity contribution in [3.8, 4) is 0 Å². The molecule has 0 bridgehead atoms. The second kappa shape index (κ2) is 7.07. The summed E-state index contributed by atoms with van der Waals surface area (Å²) in [4.78, 5) is 28.4. The van der Waals surface area contributed by atoms with Crippen LogP contribution in [0.25, 0.3) is 0 Å². The maximum absolute atomic E-state index is 12.8. The van der Waals surface area contributed by atoms with E-state index in [1.54, 1.807) is 22.9 Å². The van der Waals surface area contributed by atoms with Crippen LogP contribution in [0.4, 0.5) is 0 Å². The zero-order chi connectivity index (χ0) is 15.9. The molecule has 2 heterocycles. The van der Waals surface area contributed by atoms with Crippen LogP contribution in [0.1, 0.15) is 24.4 Å². The van der Waals surface area contributed by atoms with Crippen molar-refractivity contribution in [3.63, 3.8) is 0 Å². The van der Waals surface area contributed by atoms with Crippen molar-refractivity contribution in [2.45, 2.75) is 24.9 Å². The Morgan fingerprint density at radius 3 is 2.74 bits per heavy atom. The van der Waals surface area contributed by atoms with E-state index in [0.717, 1.165) is 12.0 Å². The van der Waals surface area contributed by atoms with Crippen LogP contribution in [0, 0.1) is 5.92 Å². The summed E-state index contributed by atoms with van der Waals surface area (Å²) in [5, 5.41) is 0.611. The van der Waals surface area contributed by atoms with Gasteiger partial charge < -0.3 is 15.5 Å². The summed E-state index contributed by atoms with van der Waals surface area (Å²) in [6, 6.07) is 7.18. The van der Waals surface area contributed by atoms with Crippen molar-refractivity contribution in [1.82, 2.24) is 9.80 Å². The van der Waals surface area contributed by atoms with E-state index in [9.17, 15) is 9.59 Å². The van der Waals surface area contributed by atoms with Crippen molar-refractivity contribution in [3.05, 3.63) is 34.9 Å². The molecule has 1 aromatic rings. The Balaban J connectivity index is 0.00000192. The van der Waals surface area contributed by atoms with E-state index >= 15 is 0 Å². The number of nitrogens with zero attached hydrogens (tertiary/aromatic N) is 2. The quantitative estimate of drug-likeness (QED) is 0.877. The van der Waals surface area contributed by atoms with E-state index in [-0.39, 0.29) is 48.6 Å². The van der Waals surface area contributed by atoms with Crippen LogP contribution in [0.3, 0.4) is 0 Å². The Labute approximate surface area is 147 Å². The zero-order valence-corrected chi connectivity index (χ0v) is 14.5. The fourth-order valence-corrected chi connectivity index (χ4v) is 3.66. The van der Waals surface area contributed by atoms with Gasteiger partial charge in [0, 0.05) is 37.6 Å². The number of hydrogen-bond acceptors (Lipinski definition) is 3. The molecule has 2 aliphatic heterocycles. The number of amides is 2. The second-order valence-electron chi connectivity index (χ2n) is 6.15. The first-order valence-electron chi connectivity index (χ1n) is 7.53. The first-order valence-corrected chi connectivity index (χ1v) is 7.90. The molecule has 5 nitrogen and oxygen atoms in total. The molecule has 2 unspecified atom stereocenters. The lowest BCUT2D eigenvalue weighted by molar-refractivity contribution is -0.135. The van der Waals surface area contributed by atoms with Crippen LogP contribution >= 0.6 is 24.0 Å². The van der Waals surface area contributed by atoms with Crippen LogP contribution in [-0.4, -0.2) is 47.8 Å². The Kier molecular flexibility index (Phi) is 5.55. The van der Waals surface area contributed by atoms with Crippen molar-refractivity contribution >= 4 is 35.8 Å². The normalized spacial score (nSPS) is 27.3. The summed E-state index contributed by atoms with van der Waals surface area (Å²) < 4.78 is 0. The third-order valence-corrected chi connectivity index (χ3v) is 4.87. The Bertz CT molecular complexity index is 611. The van der Waals surface area contributed by atoms with E-state index < -0.39 is 0 Å². The highest BCUT2D eigenvalue weighted by atomic mass is 35.5. The number of halogens is 2. The van der Waals surface area contributed by atoms with Gasteiger partial charge in [0.1, 0.15) is 0 Å².